The monoisotopic (exact) mass is 285 g/mol. The summed E-state index contributed by atoms with van der Waals surface area (Å²) in [4.78, 5) is 3.64. The van der Waals surface area contributed by atoms with Crippen LogP contribution >= 0.6 is 0 Å². The van der Waals surface area contributed by atoms with Gasteiger partial charge in [0.05, 0.1) is 10.6 Å². The molecule has 0 atom stereocenters. The Balaban J connectivity index is 1.79. The molecule has 102 valence electrons. The number of aryl methyl sites for hydroxylation is 1. The third-order valence-corrected chi connectivity index (χ3v) is 5.06. The Kier molecular flexibility index (Phi) is 3.32. The number of nitrogens with one attached hydrogen (secondary N) is 1. The molecule has 0 amide bonds. The third-order valence-electron chi connectivity index (χ3n) is 3.33. The van der Waals surface area contributed by atoms with E-state index in [4.69, 9.17) is 0 Å². The first kappa shape index (κ1) is 12.9. The van der Waals surface area contributed by atoms with Crippen molar-refractivity contribution in [2.75, 3.05) is 5.75 Å². The van der Waals surface area contributed by atoms with Crippen molar-refractivity contribution in [2.45, 2.75) is 11.3 Å². The summed E-state index contributed by atoms with van der Waals surface area (Å²) in [7, 11) is -3.22. The molecule has 0 unspecified atom stereocenters. The Morgan fingerprint density at radius 1 is 0.900 bits per heavy atom. The summed E-state index contributed by atoms with van der Waals surface area (Å²) >= 11 is 0. The maximum Gasteiger partial charge on any atom is 0.178 e. The lowest BCUT2D eigenvalue weighted by molar-refractivity contribution is 0.595. The summed E-state index contributed by atoms with van der Waals surface area (Å²) in [5.74, 6) is 0.115. The largest absolute Gasteiger partial charge is 0.358 e. The minimum Gasteiger partial charge on any atom is -0.358 e. The molecular weight excluding hydrogens is 270 g/mol. The zero-order valence-corrected chi connectivity index (χ0v) is 11.7. The van der Waals surface area contributed by atoms with Gasteiger partial charge in [-0.15, -0.1) is 0 Å². The van der Waals surface area contributed by atoms with E-state index in [-0.39, 0.29) is 5.75 Å². The first-order chi connectivity index (χ1) is 9.65. The van der Waals surface area contributed by atoms with Crippen LogP contribution in [0, 0.1) is 0 Å². The predicted molar refractivity (Wildman–Crippen MR) is 80.5 cm³/mol. The van der Waals surface area contributed by atoms with Crippen LogP contribution in [0.5, 0.6) is 0 Å². The molecule has 1 aromatic heterocycles. The summed E-state index contributed by atoms with van der Waals surface area (Å²) < 4.78 is 24.4. The number of hydrogen-bond acceptors (Lipinski definition) is 2. The molecule has 0 bridgehead atoms. The zero-order chi connectivity index (χ0) is 14.0. The maximum atomic E-state index is 12.2. The lowest BCUT2D eigenvalue weighted by Crippen LogP contribution is -2.09. The van der Waals surface area contributed by atoms with E-state index in [1.165, 1.54) is 0 Å². The minimum absolute atomic E-state index is 0.115. The fourth-order valence-electron chi connectivity index (χ4n) is 2.26. The van der Waals surface area contributed by atoms with Gasteiger partial charge >= 0.3 is 0 Å². The van der Waals surface area contributed by atoms with Gasteiger partial charge in [0, 0.05) is 17.6 Å². The molecule has 20 heavy (non-hydrogen) atoms. The molecule has 0 spiro atoms. The average molecular weight is 285 g/mol. The topological polar surface area (TPSA) is 49.9 Å². The number of para-hydroxylation sites is 1. The number of hydrogen-bond donors (Lipinski definition) is 1. The number of aromatic amines is 1. The van der Waals surface area contributed by atoms with Crippen LogP contribution in [0.15, 0.2) is 65.6 Å². The van der Waals surface area contributed by atoms with E-state index in [0.29, 0.717) is 11.3 Å². The van der Waals surface area contributed by atoms with Crippen molar-refractivity contribution in [3.63, 3.8) is 0 Å². The Hall–Kier alpha value is -2.07. The molecule has 3 rings (SSSR count). The molecule has 0 aliphatic carbocycles. The van der Waals surface area contributed by atoms with E-state index < -0.39 is 9.84 Å². The Morgan fingerprint density at radius 3 is 2.35 bits per heavy atom. The van der Waals surface area contributed by atoms with Gasteiger partial charge in [0.15, 0.2) is 9.84 Å². The average Bonchev–Trinajstić information content (AvgIpc) is 2.89. The van der Waals surface area contributed by atoms with E-state index in [2.05, 4.69) is 4.98 Å². The van der Waals surface area contributed by atoms with Crippen molar-refractivity contribution in [2.24, 2.45) is 0 Å². The normalized spacial score (nSPS) is 11.8. The van der Waals surface area contributed by atoms with Gasteiger partial charge in [0.25, 0.3) is 0 Å². The summed E-state index contributed by atoms with van der Waals surface area (Å²) in [6.45, 7) is 0. The fourth-order valence-corrected chi connectivity index (χ4v) is 3.55. The summed E-state index contributed by atoms with van der Waals surface area (Å²) in [5.41, 5.74) is 1.99. The zero-order valence-electron chi connectivity index (χ0n) is 10.9. The van der Waals surface area contributed by atoms with E-state index in [1.807, 2.05) is 36.4 Å². The Labute approximate surface area is 118 Å². The van der Waals surface area contributed by atoms with Crippen molar-refractivity contribution in [1.29, 1.82) is 0 Å². The third kappa shape index (κ3) is 2.60. The molecule has 0 radical (unpaired) electrons. The van der Waals surface area contributed by atoms with Crippen LogP contribution in [0.1, 0.15) is 5.69 Å². The van der Waals surface area contributed by atoms with Gasteiger partial charge < -0.3 is 4.98 Å². The van der Waals surface area contributed by atoms with Gasteiger partial charge in [-0.05, 0) is 29.7 Å². The number of rotatable bonds is 4. The number of H-pyrrole nitrogens is 1. The quantitative estimate of drug-likeness (QED) is 0.800. The molecule has 0 aliphatic rings. The Bertz CT molecular complexity index is 787. The molecule has 0 saturated carbocycles. The number of aromatic nitrogens is 1. The van der Waals surface area contributed by atoms with Crippen molar-refractivity contribution in [3.8, 4) is 0 Å². The van der Waals surface area contributed by atoms with Gasteiger partial charge in [-0.2, -0.15) is 0 Å². The molecule has 0 saturated heterocycles. The minimum atomic E-state index is -3.22. The number of fused-ring (bicyclic) bond motifs is 1. The molecule has 3 nitrogen and oxygen atoms in total. The molecule has 0 fully saturated rings. The van der Waals surface area contributed by atoms with E-state index in [1.54, 1.807) is 24.3 Å². The lowest BCUT2D eigenvalue weighted by atomic mass is 10.2. The predicted octanol–water partition coefficient (Wildman–Crippen LogP) is 3.18. The lowest BCUT2D eigenvalue weighted by Gasteiger charge is -2.03. The fraction of sp³-hybridized carbons (Fsp3) is 0.125. The summed E-state index contributed by atoms with van der Waals surface area (Å²) in [6.07, 6.45) is 0.492. The SMILES string of the molecule is O=S(=O)(CCc1cc2ccccc2[nH]1)c1ccccc1. The molecule has 4 heteroatoms. The van der Waals surface area contributed by atoms with E-state index >= 15 is 0 Å². The van der Waals surface area contributed by atoms with Gasteiger partial charge in [0.2, 0.25) is 0 Å². The second-order valence-electron chi connectivity index (χ2n) is 4.76. The molecule has 2 aromatic carbocycles. The summed E-state index contributed by atoms with van der Waals surface area (Å²) in [6, 6.07) is 18.5. The standard InChI is InChI=1S/C16H15NO2S/c18-20(19,15-7-2-1-3-8-15)11-10-14-12-13-6-4-5-9-16(13)17-14/h1-9,12,17H,10-11H2. The van der Waals surface area contributed by atoms with Gasteiger partial charge in [-0.3, -0.25) is 0 Å². The van der Waals surface area contributed by atoms with Crippen molar-refractivity contribution < 1.29 is 8.42 Å². The van der Waals surface area contributed by atoms with Crippen LogP contribution in [-0.4, -0.2) is 19.2 Å². The van der Waals surface area contributed by atoms with Crippen molar-refractivity contribution in [3.05, 3.63) is 66.4 Å². The van der Waals surface area contributed by atoms with Gasteiger partial charge in [-0.1, -0.05) is 36.4 Å². The van der Waals surface area contributed by atoms with Crippen LogP contribution in [0.2, 0.25) is 0 Å². The first-order valence-corrected chi connectivity index (χ1v) is 8.15. The van der Waals surface area contributed by atoms with Crippen LogP contribution in [-0.2, 0) is 16.3 Å². The number of sulfone groups is 1. The van der Waals surface area contributed by atoms with E-state index in [9.17, 15) is 8.42 Å². The maximum absolute atomic E-state index is 12.2. The van der Waals surface area contributed by atoms with Crippen LogP contribution < -0.4 is 0 Å². The molecular formula is C16H15NO2S. The number of benzene rings is 2. The molecule has 3 aromatic rings. The van der Waals surface area contributed by atoms with Crippen LogP contribution in [0.3, 0.4) is 0 Å². The second kappa shape index (κ2) is 5.13. The Morgan fingerprint density at radius 2 is 1.60 bits per heavy atom. The molecule has 1 heterocycles. The highest BCUT2D eigenvalue weighted by molar-refractivity contribution is 7.91. The molecule has 1 N–H and O–H groups in total. The van der Waals surface area contributed by atoms with Crippen LogP contribution in [0.4, 0.5) is 0 Å². The first-order valence-electron chi connectivity index (χ1n) is 6.50. The van der Waals surface area contributed by atoms with Crippen molar-refractivity contribution in [1.82, 2.24) is 4.98 Å². The van der Waals surface area contributed by atoms with Gasteiger partial charge in [0.1, 0.15) is 0 Å². The smallest absolute Gasteiger partial charge is 0.178 e. The van der Waals surface area contributed by atoms with Crippen LogP contribution in [0.25, 0.3) is 10.9 Å². The highest BCUT2D eigenvalue weighted by Gasteiger charge is 2.14. The van der Waals surface area contributed by atoms with Crippen molar-refractivity contribution >= 4 is 20.7 Å². The highest BCUT2D eigenvalue weighted by atomic mass is 32.2. The summed E-state index contributed by atoms with van der Waals surface area (Å²) in [5, 5.41) is 1.11. The second-order valence-corrected chi connectivity index (χ2v) is 6.87. The van der Waals surface area contributed by atoms with Gasteiger partial charge in [-0.25, -0.2) is 8.42 Å². The molecule has 0 aliphatic heterocycles. The van der Waals surface area contributed by atoms with E-state index in [0.717, 1.165) is 16.6 Å². The highest BCUT2D eigenvalue weighted by Crippen LogP contribution is 2.17.